The second-order valence-electron chi connectivity index (χ2n) is 5.26. The molecule has 1 aliphatic heterocycles. The molecule has 1 aliphatic rings. The number of hydrogen-bond acceptors (Lipinski definition) is 2. The maximum Gasteiger partial charge on any atom is 0.247 e. The summed E-state index contributed by atoms with van der Waals surface area (Å²) < 4.78 is 18.1. The Morgan fingerprint density at radius 2 is 2.15 bits per heavy atom. The molecule has 0 unspecified atom stereocenters. The van der Waals surface area contributed by atoms with Crippen LogP contribution >= 0.6 is 0 Å². The summed E-state index contributed by atoms with van der Waals surface area (Å²) in [5.41, 5.74) is 1.43. The zero-order valence-electron chi connectivity index (χ0n) is 11.9. The largest absolute Gasteiger partial charge is 0.381 e. The molecule has 0 bridgehead atoms. The molecule has 1 heterocycles. The van der Waals surface area contributed by atoms with Crippen LogP contribution in [-0.2, 0) is 9.53 Å². The Kier molecular flexibility index (Phi) is 4.90. The van der Waals surface area contributed by atoms with Gasteiger partial charge in [-0.05, 0) is 44.0 Å². The maximum atomic E-state index is 12.8. The van der Waals surface area contributed by atoms with Crippen molar-refractivity contribution in [3.05, 3.63) is 41.2 Å². The topological polar surface area (TPSA) is 38.3 Å². The first kappa shape index (κ1) is 14.7. The molecule has 20 heavy (non-hydrogen) atoms. The van der Waals surface area contributed by atoms with E-state index in [-0.39, 0.29) is 17.8 Å². The second kappa shape index (κ2) is 6.66. The molecule has 2 atom stereocenters. The minimum Gasteiger partial charge on any atom is -0.381 e. The molecular formula is C16H20FNO2. The monoisotopic (exact) mass is 277 g/mol. The maximum absolute atomic E-state index is 12.8. The van der Waals surface area contributed by atoms with Crippen molar-refractivity contribution in [1.82, 2.24) is 5.32 Å². The second-order valence-corrected chi connectivity index (χ2v) is 5.26. The van der Waals surface area contributed by atoms with Gasteiger partial charge in [0.25, 0.3) is 0 Å². The summed E-state index contributed by atoms with van der Waals surface area (Å²) in [6, 6.07) is 6.17. The average Bonchev–Trinajstić information content (AvgIpc) is 2.95. The lowest BCUT2D eigenvalue weighted by atomic mass is 10.0. The van der Waals surface area contributed by atoms with Crippen LogP contribution in [0, 0.1) is 11.7 Å². The Hall–Kier alpha value is -1.68. The van der Waals surface area contributed by atoms with E-state index in [2.05, 4.69) is 5.32 Å². The van der Waals surface area contributed by atoms with Crippen molar-refractivity contribution in [2.24, 2.45) is 5.92 Å². The first-order chi connectivity index (χ1) is 9.56. The van der Waals surface area contributed by atoms with Crippen LogP contribution in [-0.4, -0.2) is 25.2 Å². The Morgan fingerprint density at radius 1 is 1.45 bits per heavy atom. The van der Waals surface area contributed by atoms with E-state index in [9.17, 15) is 9.18 Å². The molecule has 1 N–H and O–H groups in total. The van der Waals surface area contributed by atoms with E-state index in [0.717, 1.165) is 18.6 Å². The highest BCUT2D eigenvalue weighted by molar-refractivity contribution is 5.97. The van der Waals surface area contributed by atoms with Crippen LogP contribution in [0.15, 0.2) is 29.8 Å². The van der Waals surface area contributed by atoms with Gasteiger partial charge in [-0.1, -0.05) is 12.1 Å². The Bertz CT molecular complexity index is 490. The van der Waals surface area contributed by atoms with Gasteiger partial charge in [0, 0.05) is 24.1 Å². The summed E-state index contributed by atoms with van der Waals surface area (Å²) in [5, 5.41) is 2.99. The quantitative estimate of drug-likeness (QED) is 0.859. The zero-order valence-corrected chi connectivity index (χ0v) is 11.9. The van der Waals surface area contributed by atoms with Gasteiger partial charge >= 0.3 is 0 Å². The Balaban J connectivity index is 1.95. The van der Waals surface area contributed by atoms with Crippen molar-refractivity contribution in [2.45, 2.75) is 26.3 Å². The predicted octanol–water partition coefficient (Wildman–Crippen LogP) is 2.77. The first-order valence-electron chi connectivity index (χ1n) is 6.89. The average molecular weight is 277 g/mol. The molecule has 1 aromatic rings. The van der Waals surface area contributed by atoms with Crippen molar-refractivity contribution in [3.8, 4) is 0 Å². The van der Waals surface area contributed by atoms with Crippen LogP contribution < -0.4 is 5.32 Å². The van der Waals surface area contributed by atoms with Crippen LogP contribution in [0.1, 0.15) is 25.8 Å². The van der Waals surface area contributed by atoms with Crippen LogP contribution in [0.25, 0.3) is 6.08 Å². The summed E-state index contributed by atoms with van der Waals surface area (Å²) in [6.45, 7) is 5.25. The van der Waals surface area contributed by atoms with Crippen LogP contribution in [0.5, 0.6) is 0 Å². The lowest BCUT2D eigenvalue weighted by Crippen LogP contribution is -2.38. The lowest BCUT2D eigenvalue weighted by molar-refractivity contribution is -0.118. The van der Waals surface area contributed by atoms with Crippen LogP contribution in [0.2, 0.25) is 0 Å². The SMILES string of the molecule is C/C(=C/c1ccc(F)cc1)C(=O)N[C@H](C)[C@H]1CCOC1. The minimum absolute atomic E-state index is 0.0891. The molecule has 1 aromatic carbocycles. The molecule has 1 fully saturated rings. The van der Waals surface area contributed by atoms with Gasteiger partial charge in [-0.3, -0.25) is 4.79 Å². The molecule has 0 spiro atoms. The van der Waals surface area contributed by atoms with Crippen LogP contribution in [0.3, 0.4) is 0 Å². The minimum atomic E-state index is -0.279. The fourth-order valence-electron chi connectivity index (χ4n) is 2.26. The molecule has 3 nitrogen and oxygen atoms in total. The molecule has 1 amide bonds. The standard InChI is InChI=1S/C16H20FNO2/c1-11(9-13-3-5-15(17)6-4-13)16(19)18-12(2)14-7-8-20-10-14/h3-6,9,12,14H,7-8,10H2,1-2H3,(H,18,19)/b11-9-/t12-,14+/m1/s1. The van der Waals surface area contributed by atoms with Crippen LogP contribution in [0.4, 0.5) is 4.39 Å². The number of amides is 1. The van der Waals surface area contributed by atoms with Gasteiger partial charge in [0.05, 0.1) is 6.61 Å². The van der Waals surface area contributed by atoms with E-state index in [4.69, 9.17) is 4.74 Å². The van der Waals surface area contributed by atoms with Gasteiger partial charge in [-0.15, -0.1) is 0 Å². The zero-order chi connectivity index (χ0) is 14.5. The van der Waals surface area contributed by atoms with E-state index < -0.39 is 0 Å². The number of nitrogens with one attached hydrogen (secondary N) is 1. The number of carbonyl (C=O) groups is 1. The highest BCUT2D eigenvalue weighted by atomic mass is 19.1. The smallest absolute Gasteiger partial charge is 0.247 e. The van der Waals surface area contributed by atoms with E-state index in [1.807, 2.05) is 6.92 Å². The number of rotatable bonds is 4. The van der Waals surface area contributed by atoms with Crippen molar-refractivity contribution in [3.63, 3.8) is 0 Å². The third-order valence-electron chi connectivity index (χ3n) is 3.64. The van der Waals surface area contributed by atoms with Gasteiger partial charge in [0.2, 0.25) is 5.91 Å². The molecular weight excluding hydrogens is 257 g/mol. The Labute approximate surface area is 118 Å². The molecule has 0 aromatic heterocycles. The molecule has 1 saturated heterocycles. The normalized spacial score (nSPS) is 20.8. The van der Waals surface area contributed by atoms with E-state index in [1.165, 1.54) is 12.1 Å². The van der Waals surface area contributed by atoms with Gasteiger partial charge in [0.1, 0.15) is 5.82 Å². The van der Waals surface area contributed by atoms with Crippen molar-refractivity contribution < 1.29 is 13.9 Å². The molecule has 0 aliphatic carbocycles. The molecule has 4 heteroatoms. The first-order valence-corrected chi connectivity index (χ1v) is 6.89. The van der Waals surface area contributed by atoms with Gasteiger partial charge in [-0.2, -0.15) is 0 Å². The third kappa shape index (κ3) is 3.90. The fraction of sp³-hybridized carbons (Fsp3) is 0.438. The molecule has 0 saturated carbocycles. The highest BCUT2D eigenvalue weighted by Gasteiger charge is 2.23. The number of carbonyl (C=O) groups excluding carboxylic acids is 1. The predicted molar refractivity (Wildman–Crippen MR) is 76.6 cm³/mol. The van der Waals surface area contributed by atoms with Crippen molar-refractivity contribution in [1.29, 1.82) is 0 Å². The summed E-state index contributed by atoms with van der Waals surface area (Å²) in [6.07, 6.45) is 2.74. The highest BCUT2D eigenvalue weighted by Crippen LogP contribution is 2.17. The van der Waals surface area contributed by atoms with E-state index in [0.29, 0.717) is 18.1 Å². The number of hydrogen-bond donors (Lipinski definition) is 1. The molecule has 108 valence electrons. The van der Waals surface area contributed by atoms with E-state index >= 15 is 0 Å². The molecule has 0 radical (unpaired) electrons. The third-order valence-corrected chi connectivity index (χ3v) is 3.64. The Morgan fingerprint density at radius 3 is 2.75 bits per heavy atom. The summed E-state index contributed by atoms with van der Waals surface area (Å²) in [7, 11) is 0. The van der Waals surface area contributed by atoms with Gasteiger partial charge in [0.15, 0.2) is 0 Å². The summed E-state index contributed by atoms with van der Waals surface area (Å²) in [5.74, 6) is 0.0189. The number of benzene rings is 1. The van der Waals surface area contributed by atoms with Gasteiger partial charge in [-0.25, -0.2) is 4.39 Å². The van der Waals surface area contributed by atoms with Gasteiger partial charge < -0.3 is 10.1 Å². The number of halogens is 1. The van der Waals surface area contributed by atoms with Crippen molar-refractivity contribution in [2.75, 3.05) is 13.2 Å². The van der Waals surface area contributed by atoms with E-state index in [1.54, 1.807) is 25.1 Å². The number of ether oxygens (including phenoxy) is 1. The fourth-order valence-corrected chi connectivity index (χ4v) is 2.26. The van der Waals surface area contributed by atoms with Crippen molar-refractivity contribution >= 4 is 12.0 Å². The molecule has 2 rings (SSSR count). The lowest BCUT2D eigenvalue weighted by Gasteiger charge is -2.19. The summed E-state index contributed by atoms with van der Waals surface area (Å²) >= 11 is 0. The summed E-state index contributed by atoms with van der Waals surface area (Å²) in [4.78, 5) is 12.1.